The van der Waals surface area contributed by atoms with E-state index in [4.69, 9.17) is 4.74 Å². The summed E-state index contributed by atoms with van der Waals surface area (Å²) in [4.78, 5) is 12.3. The highest BCUT2D eigenvalue weighted by Gasteiger charge is 2.08. The van der Waals surface area contributed by atoms with E-state index in [1.807, 2.05) is 36.4 Å². The Hall–Kier alpha value is -1.30. The van der Waals surface area contributed by atoms with Gasteiger partial charge < -0.3 is 9.30 Å². The van der Waals surface area contributed by atoms with Crippen molar-refractivity contribution in [2.24, 2.45) is 0 Å². The Kier molecular flexibility index (Phi) is 5.64. The summed E-state index contributed by atoms with van der Waals surface area (Å²) in [5, 5.41) is 0. The van der Waals surface area contributed by atoms with E-state index in [1.165, 1.54) is 0 Å². The van der Waals surface area contributed by atoms with Crippen molar-refractivity contribution in [1.29, 1.82) is 0 Å². The van der Waals surface area contributed by atoms with Gasteiger partial charge in [0.05, 0.1) is 13.2 Å². The number of benzene rings is 1. The maximum absolute atomic E-state index is 12.3. The van der Waals surface area contributed by atoms with Crippen LogP contribution >= 0.6 is 22.6 Å². The molecule has 106 valence electrons. The van der Waals surface area contributed by atoms with Gasteiger partial charge in [-0.05, 0) is 40.6 Å². The first kappa shape index (κ1) is 15.1. The summed E-state index contributed by atoms with van der Waals surface area (Å²) < 4.78 is 8.00. The minimum absolute atomic E-state index is 0.00320. The summed E-state index contributed by atoms with van der Waals surface area (Å²) in [6.45, 7) is 3.37. The third-order valence-electron chi connectivity index (χ3n) is 3.02. The predicted molar refractivity (Wildman–Crippen MR) is 89.4 cm³/mol. The summed E-state index contributed by atoms with van der Waals surface area (Å²) in [6.07, 6.45) is 3.89. The highest BCUT2D eigenvalue weighted by atomic mass is 127. The highest BCUT2D eigenvalue weighted by molar-refractivity contribution is 14.1. The van der Waals surface area contributed by atoms with Crippen molar-refractivity contribution < 1.29 is 4.74 Å². The molecule has 0 saturated carbocycles. The van der Waals surface area contributed by atoms with Gasteiger partial charge in [-0.2, -0.15) is 0 Å². The van der Waals surface area contributed by atoms with Gasteiger partial charge in [-0.3, -0.25) is 4.79 Å². The van der Waals surface area contributed by atoms with Crippen LogP contribution in [0.2, 0.25) is 0 Å². The average molecular weight is 383 g/mol. The number of halogens is 1. The van der Waals surface area contributed by atoms with E-state index < -0.39 is 0 Å². The zero-order chi connectivity index (χ0) is 14.4. The maximum Gasteiger partial charge on any atom is 0.268 e. The molecule has 2 aromatic rings. The van der Waals surface area contributed by atoms with Crippen LogP contribution in [0.3, 0.4) is 0 Å². The second kappa shape index (κ2) is 7.47. The molecule has 0 unspecified atom stereocenters. The smallest absolute Gasteiger partial charge is 0.268 e. The molecule has 0 aliphatic carbocycles. The van der Waals surface area contributed by atoms with Crippen LogP contribution in [0.4, 0.5) is 0 Å². The number of unbranched alkanes of at least 4 members (excludes halogenated alkanes) is 1. The van der Waals surface area contributed by atoms with Gasteiger partial charge in [-0.25, -0.2) is 0 Å². The molecule has 0 bridgehead atoms. The third kappa shape index (κ3) is 3.85. The largest absolute Gasteiger partial charge is 0.492 e. The standard InChI is InChI=1S/C16H18INO2/c1-2-3-11-20-14-9-10-18(16(19)15(14)17)12-13-7-5-4-6-8-13/h4-10H,2-3,11-12H2,1H3. The molecule has 1 heterocycles. The van der Waals surface area contributed by atoms with E-state index in [2.05, 4.69) is 29.5 Å². The quantitative estimate of drug-likeness (QED) is 0.563. The Bertz CT molecular complexity index is 608. The van der Waals surface area contributed by atoms with Crippen LogP contribution in [-0.2, 0) is 6.54 Å². The Morgan fingerprint density at radius 2 is 1.95 bits per heavy atom. The molecule has 0 atom stereocenters. The van der Waals surface area contributed by atoms with Crippen molar-refractivity contribution >= 4 is 22.6 Å². The Balaban J connectivity index is 2.16. The van der Waals surface area contributed by atoms with Crippen LogP contribution in [0.25, 0.3) is 0 Å². The molecule has 0 aliphatic rings. The molecule has 0 saturated heterocycles. The molecule has 3 nitrogen and oxygen atoms in total. The monoisotopic (exact) mass is 383 g/mol. The number of rotatable bonds is 6. The van der Waals surface area contributed by atoms with Gasteiger partial charge in [0.1, 0.15) is 9.32 Å². The van der Waals surface area contributed by atoms with Crippen molar-refractivity contribution in [3.8, 4) is 5.75 Å². The zero-order valence-electron chi connectivity index (χ0n) is 11.5. The van der Waals surface area contributed by atoms with Gasteiger partial charge in [-0.1, -0.05) is 43.7 Å². The molecule has 4 heteroatoms. The minimum atomic E-state index is 0.00320. The SMILES string of the molecule is CCCCOc1ccn(Cc2ccccc2)c(=O)c1I. The van der Waals surface area contributed by atoms with Crippen molar-refractivity contribution in [2.45, 2.75) is 26.3 Å². The number of pyridine rings is 1. The number of hydrogen-bond acceptors (Lipinski definition) is 2. The first-order valence-electron chi connectivity index (χ1n) is 6.78. The van der Waals surface area contributed by atoms with Crippen LogP contribution in [0, 0.1) is 3.57 Å². The number of aromatic nitrogens is 1. The zero-order valence-corrected chi connectivity index (χ0v) is 13.7. The molecular weight excluding hydrogens is 365 g/mol. The van der Waals surface area contributed by atoms with Crippen LogP contribution in [0.5, 0.6) is 5.75 Å². The van der Waals surface area contributed by atoms with E-state index in [9.17, 15) is 4.79 Å². The van der Waals surface area contributed by atoms with E-state index in [1.54, 1.807) is 10.8 Å². The molecule has 0 radical (unpaired) electrons. The predicted octanol–water partition coefficient (Wildman–Crippen LogP) is 3.68. The molecular formula is C16H18INO2. The van der Waals surface area contributed by atoms with Crippen molar-refractivity contribution in [1.82, 2.24) is 4.57 Å². The summed E-state index contributed by atoms with van der Waals surface area (Å²) in [5.41, 5.74) is 1.12. The fourth-order valence-electron chi connectivity index (χ4n) is 1.87. The highest BCUT2D eigenvalue weighted by Crippen LogP contribution is 2.17. The van der Waals surface area contributed by atoms with Crippen LogP contribution in [0.1, 0.15) is 25.3 Å². The number of ether oxygens (including phenoxy) is 1. The molecule has 1 aromatic heterocycles. The molecule has 1 aromatic carbocycles. The maximum atomic E-state index is 12.3. The lowest BCUT2D eigenvalue weighted by atomic mass is 10.2. The van der Waals surface area contributed by atoms with Gasteiger partial charge in [-0.15, -0.1) is 0 Å². The summed E-state index contributed by atoms with van der Waals surface area (Å²) in [7, 11) is 0. The van der Waals surface area contributed by atoms with Crippen LogP contribution in [0.15, 0.2) is 47.4 Å². The van der Waals surface area contributed by atoms with E-state index in [0.717, 1.165) is 18.4 Å². The van der Waals surface area contributed by atoms with Crippen LogP contribution in [-0.4, -0.2) is 11.2 Å². The molecule has 0 N–H and O–H groups in total. The van der Waals surface area contributed by atoms with Crippen molar-refractivity contribution in [2.75, 3.05) is 6.61 Å². The van der Waals surface area contributed by atoms with Crippen LogP contribution < -0.4 is 10.3 Å². The lowest BCUT2D eigenvalue weighted by Gasteiger charge is -2.11. The van der Waals surface area contributed by atoms with Crippen molar-refractivity contribution in [3.05, 3.63) is 62.1 Å². The number of hydrogen-bond donors (Lipinski definition) is 0. The molecule has 20 heavy (non-hydrogen) atoms. The fourth-order valence-corrected chi connectivity index (χ4v) is 2.52. The first-order valence-corrected chi connectivity index (χ1v) is 7.86. The number of nitrogens with zero attached hydrogens (tertiary/aromatic N) is 1. The Labute approximate surface area is 132 Å². The van der Waals surface area contributed by atoms with Gasteiger partial charge >= 0.3 is 0 Å². The van der Waals surface area contributed by atoms with Gasteiger partial charge in [0.2, 0.25) is 0 Å². The summed E-state index contributed by atoms with van der Waals surface area (Å²) >= 11 is 2.07. The van der Waals surface area contributed by atoms with Gasteiger partial charge in [0, 0.05) is 6.20 Å². The van der Waals surface area contributed by atoms with Crippen molar-refractivity contribution in [3.63, 3.8) is 0 Å². The first-order chi connectivity index (χ1) is 9.72. The van der Waals surface area contributed by atoms with Gasteiger partial charge in [0.15, 0.2) is 0 Å². The molecule has 0 aliphatic heterocycles. The summed E-state index contributed by atoms with van der Waals surface area (Å²) in [6, 6.07) is 11.8. The normalized spacial score (nSPS) is 10.5. The molecule has 0 fully saturated rings. The second-order valence-corrected chi connectivity index (χ2v) is 5.69. The lowest BCUT2D eigenvalue weighted by Crippen LogP contribution is -2.23. The van der Waals surface area contributed by atoms with E-state index >= 15 is 0 Å². The van der Waals surface area contributed by atoms with E-state index in [-0.39, 0.29) is 5.56 Å². The van der Waals surface area contributed by atoms with E-state index in [0.29, 0.717) is 22.5 Å². The second-order valence-electron chi connectivity index (χ2n) is 4.61. The molecule has 0 amide bonds. The minimum Gasteiger partial charge on any atom is -0.492 e. The lowest BCUT2D eigenvalue weighted by molar-refractivity contribution is 0.306. The Morgan fingerprint density at radius 1 is 1.20 bits per heavy atom. The Morgan fingerprint density at radius 3 is 2.65 bits per heavy atom. The average Bonchev–Trinajstić information content (AvgIpc) is 2.48. The fraction of sp³-hybridized carbons (Fsp3) is 0.312. The van der Waals surface area contributed by atoms with Gasteiger partial charge in [0.25, 0.3) is 5.56 Å². The summed E-state index contributed by atoms with van der Waals surface area (Å²) in [5.74, 6) is 0.688. The third-order valence-corrected chi connectivity index (χ3v) is 4.02. The molecule has 0 spiro atoms. The topological polar surface area (TPSA) is 31.2 Å². The molecule has 2 rings (SSSR count).